The summed E-state index contributed by atoms with van der Waals surface area (Å²) in [4.78, 5) is 8.61. The lowest BCUT2D eigenvalue weighted by molar-refractivity contribution is -0.128. The van der Waals surface area contributed by atoms with Gasteiger partial charge in [-0.2, -0.15) is 0 Å². The minimum atomic E-state index is -0.258. The van der Waals surface area contributed by atoms with E-state index in [1.807, 2.05) is 39.0 Å². The average molecular weight is 236 g/mol. The van der Waals surface area contributed by atoms with Crippen molar-refractivity contribution >= 4 is 6.21 Å². The zero-order valence-corrected chi connectivity index (χ0v) is 10.7. The number of rotatable bonds is 7. The lowest BCUT2D eigenvalue weighted by Crippen LogP contribution is -2.20. The van der Waals surface area contributed by atoms with E-state index in [4.69, 9.17) is 9.47 Å². The summed E-state index contributed by atoms with van der Waals surface area (Å²) in [5.74, 6) is 0. The second-order valence-corrected chi connectivity index (χ2v) is 3.54. The van der Waals surface area contributed by atoms with Crippen LogP contribution in [0, 0.1) is 6.92 Å². The van der Waals surface area contributed by atoms with Gasteiger partial charge in [0, 0.05) is 25.1 Å². The van der Waals surface area contributed by atoms with E-state index in [0.717, 1.165) is 11.4 Å². The van der Waals surface area contributed by atoms with Crippen molar-refractivity contribution in [1.29, 1.82) is 0 Å². The van der Waals surface area contributed by atoms with Gasteiger partial charge in [0.25, 0.3) is 0 Å². The van der Waals surface area contributed by atoms with E-state index in [0.29, 0.717) is 19.8 Å². The molecule has 0 aliphatic heterocycles. The number of pyridine rings is 1. The van der Waals surface area contributed by atoms with Crippen LogP contribution in [0.25, 0.3) is 0 Å². The predicted molar refractivity (Wildman–Crippen MR) is 68.5 cm³/mol. The first kappa shape index (κ1) is 13.8. The van der Waals surface area contributed by atoms with Crippen molar-refractivity contribution in [2.24, 2.45) is 4.99 Å². The highest BCUT2D eigenvalue weighted by Crippen LogP contribution is 1.98. The van der Waals surface area contributed by atoms with Crippen LogP contribution >= 0.6 is 0 Å². The third kappa shape index (κ3) is 5.56. The fourth-order valence-electron chi connectivity index (χ4n) is 1.39. The summed E-state index contributed by atoms with van der Waals surface area (Å²) < 4.78 is 10.8. The summed E-state index contributed by atoms with van der Waals surface area (Å²) in [5.41, 5.74) is 1.84. The molecule has 0 amide bonds. The first-order chi connectivity index (χ1) is 8.26. The van der Waals surface area contributed by atoms with Gasteiger partial charge in [-0.3, -0.25) is 9.98 Å². The van der Waals surface area contributed by atoms with Crippen molar-refractivity contribution in [2.75, 3.05) is 19.8 Å². The smallest absolute Gasteiger partial charge is 0.176 e. The first-order valence-electron chi connectivity index (χ1n) is 5.93. The molecule has 0 bridgehead atoms. The zero-order chi connectivity index (χ0) is 12.5. The third-order valence-electron chi connectivity index (χ3n) is 2.09. The molecule has 0 saturated carbocycles. The fraction of sp³-hybridized carbons (Fsp3) is 0.538. The van der Waals surface area contributed by atoms with Gasteiger partial charge in [-0.25, -0.2) is 0 Å². The maximum atomic E-state index is 5.39. The molecule has 1 aromatic rings. The van der Waals surface area contributed by atoms with Crippen molar-refractivity contribution < 1.29 is 9.47 Å². The Morgan fingerprint density at radius 2 is 2.00 bits per heavy atom. The molecule has 0 spiro atoms. The number of aliphatic imine (C=N–C) groups is 1. The summed E-state index contributed by atoms with van der Waals surface area (Å²) in [6, 6.07) is 5.85. The summed E-state index contributed by atoms with van der Waals surface area (Å²) in [6.45, 7) is 7.60. The van der Waals surface area contributed by atoms with E-state index >= 15 is 0 Å². The van der Waals surface area contributed by atoms with Crippen LogP contribution in [0.4, 0.5) is 0 Å². The van der Waals surface area contributed by atoms with Crippen molar-refractivity contribution in [2.45, 2.75) is 27.1 Å². The molecule has 0 unspecified atom stereocenters. The van der Waals surface area contributed by atoms with Crippen LogP contribution in [0.15, 0.2) is 23.2 Å². The average Bonchev–Trinajstić information content (AvgIpc) is 2.30. The molecule has 0 saturated heterocycles. The molecule has 4 heteroatoms. The van der Waals surface area contributed by atoms with Gasteiger partial charge in [0.05, 0.1) is 12.2 Å². The quantitative estimate of drug-likeness (QED) is 0.538. The molecule has 17 heavy (non-hydrogen) atoms. The Labute approximate surface area is 103 Å². The van der Waals surface area contributed by atoms with Crippen molar-refractivity contribution in [3.8, 4) is 0 Å². The van der Waals surface area contributed by atoms with Crippen LogP contribution in [0.3, 0.4) is 0 Å². The lowest BCUT2D eigenvalue weighted by atomic mass is 10.3. The highest BCUT2D eigenvalue weighted by atomic mass is 16.7. The van der Waals surface area contributed by atoms with Crippen LogP contribution in [0.1, 0.15) is 25.2 Å². The molecule has 0 N–H and O–H groups in total. The number of nitrogens with zero attached hydrogens (tertiary/aromatic N) is 2. The first-order valence-corrected chi connectivity index (χ1v) is 5.93. The number of ether oxygens (including phenoxy) is 2. The Bertz CT molecular complexity index is 347. The summed E-state index contributed by atoms with van der Waals surface area (Å²) in [6.07, 6.45) is 1.49. The molecule has 1 aromatic heterocycles. The number of aryl methyl sites for hydroxylation is 1. The largest absolute Gasteiger partial charge is 0.351 e. The SMILES string of the molecule is CCOC(CN=Cc1cccc(C)n1)OCC. The molecule has 94 valence electrons. The van der Waals surface area contributed by atoms with E-state index < -0.39 is 0 Å². The number of aromatic nitrogens is 1. The molecule has 1 rings (SSSR count). The second kappa shape index (κ2) is 7.92. The molecule has 0 atom stereocenters. The highest BCUT2D eigenvalue weighted by molar-refractivity contribution is 5.76. The monoisotopic (exact) mass is 236 g/mol. The maximum Gasteiger partial charge on any atom is 0.176 e. The Balaban J connectivity index is 2.47. The van der Waals surface area contributed by atoms with Gasteiger partial charge < -0.3 is 9.47 Å². The molecule has 0 fully saturated rings. The topological polar surface area (TPSA) is 43.7 Å². The van der Waals surface area contributed by atoms with Crippen LogP contribution < -0.4 is 0 Å². The molecule has 1 heterocycles. The van der Waals surface area contributed by atoms with Crippen molar-refractivity contribution in [3.05, 3.63) is 29.6 Å². The molecule has 0 aliphatic carbocycles. The van der Waals surface area contributed by atoms with Crippen molar-refractivity contribution in [1.82, 2.24) is 4.98 Å². The summed E-state index contributed by atoms with van der Waals surface area (Å²) in [5, 5.41) is 0. The van der Waals surface area contributed by atoms with Crippen LogP contribution in [0.5, 0.6) is 0 Å². The maximum absolute atomic E-state index is 5.39. The van der Waals surface area contributed by atoms with Crippen LogP contribution in [-0.4, -0.2) is 37.2 Å². The summed E-state index contributed by atoms with van der Waals surface area (Å²) in [7, 11) is 0. The van der Waals surface area contributed by atoms with Gasteiger partial charge in [0.15, 0.2) is 6.29 Å². The van der Waals surface area contributed by atoms with Gasteiger partial charge in [-0.05, 0) is 32.9 Å². The van der Waals surface area contributed by atoms with Gasteiger partial charge in [-0.15, -0.1) is 0 Å². The van der Waals surface area contributed by atoms with Gasteiger partial charge in [-0.1, -0.05) is 6.07 Å². The summed E-state index contributed by atoms with van der Waals surface area (Å²) >= 11 is 0. The van der Waals surface area contributed by atoms with Crippen LogP contribution in [0.2, 0.25) is 0 Å². The fourth-order valence-corrected chi connectivity index (χ4v) is 1.39. The van der Waals surface area contributed by atoms with Gasteiger partial charge in [0.1, 0.15) is 0 Å². The zero-order valence-electron chi connectivity index (χ0n) is 10.7. The van der Waals surface area contributed by atoms with Crippen LogP contribution in [-0.2, 0) is 9.47 Å². The molecular weight excluding hydrogens is 216 g/mol. The lowest BCUT2D eigenvalue weighted by Gasteiger charge is -2.13. The molecule has 0 radical (unpaired) electrons. The molecular formula is C13H20N2O2. The standard InChI is InChI=1S/C13H20N2O2/c1-4-16-13(17-5-2)10-14-9-12-8-6-7-11(3)15-12/h6-9,13H,4-5,10H2,1-3H3. The van der Waals surface area contributed by atoms with E-state index in [-0.39, 0.29) is 6.29 Å². The predicted octanol–water partition coefficient (Wildman–Crippen LogP) is 2.21. The van der Waals surface area contributed by atoms with E-state index in [9.17, 15) is 0 Å². The number of hydrogen-bond donors (Lipinski definition) is 0. The Morgan fingerprint density at radius 3 is 2.59 bits per heavy atom. The van der Waals surface area contributed by atoms with Crippen molar-refractivity contribution in [3.63, 3.8) is 0 Å². The Morgan fingerprint density at radius 1 is 1.29 bits per heavy atom. The second-order valence-electron chi connectivity index (χ2n) is 3.54. The minimum absolute atomic E-state index is 0.258. The van der Waals surface area contributed by atoms with Gasteiger partial charge in [0.2, 0.25) is 0 Å². The minimum Gasteiger partial charge on any atom is -0.351 e. The highest BCUT2D eigenvalue weighted by Gasteiger charge is 2.05. The van der Waals surface area contributed by atoms with E-state index in [2.05, 4.69) is 9.98 Å². The normalized spacial score (nSPS) is 11.5. The Kier molecular flexibility index (Phi) is 6.43. The Hall–Kier alpha value is -1.26. The third-order valence-corrected chi connectivity index (χ3v) is 2.09. The van der Waals surface area contributed by atoms with E-state index in [1.165, 1.54) is 0 Å². The molecule has 4 nitrogen and oxygen atoms in total. The van der Waals surface area contributed by atoms with E-state index in [1.54, 1.807) is 6.21 Å². The number of hydrogen-bond acceptors (Lipinski definition) is 4. The van der Waals surface area contributed by atoms with Gasteiger partial charge >= 0.3 is 0 Å². The molecule has 0 aliphatic rings. The molecule has 0 aromatic carbocycles.